The second-order valence-corrected chi connectivity index (χ2v) is 9.95. The largest absolute Gasteiger partial charge is 0.411 e. The molecule has 2 aromatic rings. The highest BCUT2D eigenvalue weighted by atomic mass is 32.2. The van der Waals surface area contributed by atoms with E-state index in [1.807, 2.05) is 45.0 Å². The third-order valence-corrected chi connectivity index (χ3v) is 4.71. The van der Waals surface area contributed by atoms with Crippen LogP contribution in [0.1, 0.15) is 54.0 Å². The maximum atomic E-state index is 12.2. The number of imide groups is 1. The summed E-state index contributed by atoms with van der Waals surface area (Å²) >= 11 is 1.10. The molecule has 1 heterocycles. The highest BCUT2D eigenvalue weighted by Crippen LogP contribution is 2.28. The standard InChI is InChI=1S/C20H28N4O3S/c1-12(15(25)21-17(26)22-20(5,6)7)28-18-24-23-16(27-18)13-8-10-14(11-9-13)19(2,3)4/h8-12H,1-7H3,(H2,21,22,25,26). The smallest absolute Gasteiger partial charge is 0.321 e. The third-order valence-electron chi connectivity index (χ3n) is 3.78. The Morgan fingerprint density at radius 3 is 2.18 bits per heavy atom. The zero-order valence-electron chi connectivity index (χ0n) is 17.4. The highest BCUT2D eigenvalue weighted by molar-refractivity contribution is 8.00. The summed E-state index contributed by atoms with van der Waals surface area (Å²) in [5.41, 5.74) is 1.67. The molecule has 152 valence electrons. The van der Waals surface area contributed by atoms with Crippen LogP contribution in [0, 0.1) is 0 Å². The van der Waals surface area contributed by atoms with Crippen LogP contribution in [0.25, 0.3) is 11.5 Å². The number of hydrogen-bond donors (Lipinski definition) is 2. The van der Waals surface area contributed by atoms with Gasteiger partial charge in [0.1, 0.15) is 0 Å². The fraction of sp³-hybridized carbons (Fsp3) is 0.500. The number of nitrogens with one attached hydrogen (secondary N) is 2. The maximum Gasteiger partial charge on any atom is 0.321 e. The zero-order valence-corrected chi connectivity index (χ0v) is 18.2. The third kappa shape index (κ3) is 6.37. The van der Waals surface area contributed by atoms with Gasteiger partial charge in [-0.25, -0.2) is 4.79 Å². The van der Waals surface area contributed by atoms with Gasteiger partial charge in [0, 0.05) is 11.1 Å². The first-order valence-corrected chi connectivity index (χ1v) is 9.97. The number of aromatic nitrogens is 2. The van der Waals surface area contributed by atoms with E-state index >= 15 is 0 Å². The fourth-order valence-corrected chi connectivity index (χ4v) is 2.96. The second-order valence-electron chi connectivity index (χ2n) is 8.65. The molecule has 1 aromatic heterocycles. The monoisotopic (exact) mass is 404 g/mol. The van der Waals surface area contributed by atoms with E-state index in [4.69, 9.17) is 4.42 Å². The van der Waals surface area contributed by atoms with Crippen molar-refractivity contribution in [2.45, 2.75) is 69.9 Å². The van der Waals surface area contributed by atoms with E-state index in [0.717, 1.165) is 17.3 Å². The van der Waals surface area contributed by atoms with Crippen LogP contribution in [0.15, 0.2) is 33.9 Å². The van der Waals surface area contributed by atoms with E-state index in [1.54, 1.807) is 6.92 Å². The van der Waals surface area contributed by atoms with Crippen molar-refractivity contribution in [1.29, 1.82) is 0 Å². The molecule has 7 nitrogen and oxygen atoms in total. The molecule has 0 saturated heterocycles. The average molecular weight is 405 g/mol. The van der Waals surface area contributed by atoms with Crippen molar-refractivity contribution in [2.75, 3.05) is 0 Å². The normalized spacial score (nSPS) is 13.1. The maximum absolute atomic E-state index is 12.2. The van der Waals surface area contributed by atoms with Crippen LogP contribution < -0.4 is 10.6 Å². The number of benzene rings is 1. The minimum Gasteiger partial charge on any atom is -0.411 e. The van der Waals surface area contributed by atoms with Crippen molar-refractivity contribution in [2.24, 2.45) is 0 Å². The lowest BCUT2D eigenvalue weighted by Gasteiger charge is -2.20. The Hall–Kier alpha value is -2.35. The van der Waals surface area contributed by atoms with Crippen molar-refractivity contribution in [3.8, 4) is 11.5 Å². The number of rotatable bonds is 4. The molecule has 1 unspecified atom stereocenters. The number of urea groups is 1. The van der Waals surface area contributed by atoms with E-state index in [0.29, 0.717) is 5.89 Å². The first-order chi connectivity index (χ1) is 12.8. The van der Waals surface area contributed by atoms with Gasteiger partial charge in [-0.05, 0) is 50.8 Å². The predicted octanol–water partition coefficient (Wildman–Crippen LogP) is 4.14. The minimum atomic E-state index is -0.567. The Balaban J connectivity index is 1.98. The van der Waals surface area contributed by atoms with Gasteiger partial charge in [0.2, 0.25) is 11.8 Å². The van der Waals surface area contributed by atoms with Gasteiger partial charge in [-0.2, -0.15) is 0 Å². The molecular formula is C20H28N4O3S. The summed E-state index contributed by atoms with van der Waals surface area (Å²) in [6.45, 7) is 13.6. The first-order valence-electron chi connectivity index (χ1n) is 9.09. The molecule has 0 aliphatic heterocycles. The topological polar surface area (TPSA) is 97.1 Å². The molecule has 2 rings (SSSR count). The van der Waals surface area contributed by atoms with E-state index in [1.165, 1.54) is 5.56 Å². The van der Waals surface area contributed by atoms with Gasteiger partial charge in [-0.3, -0.25) is 10.1 Å². The van der Waals surface area contributed by atoms with Crippen molar-refractivity contribution in [3.05, 3.63) is 29.8 Å². The van der Waals surface area contributed by atoms with Gasteiger partial charge in [0.05, 0.1) is 5.25 Å². The van der Waals surface area contributed by atoms with Gasteiger partial charge >= 0.3 is 6.03 Å². The number of nitrogens with zero attached hydrogens (tertiary/aromatic N) is 2. The fourth-order valence-electron chi connectivity index (χ4n) is 2.28. The molecule has 28 heavy (non-hydrogen) atoms. The SMILES string of the molecule is CC(Sc1nnc(-c2ccc(C(C)(C)C)cc2)o1)C(=O)NC(=O)NC(C)(C)C. The number of carbonyl (C=O) groups is 2. The van der Waals surface area contributed by atoms with Gasteiger partial charge in [-0.1, -0.05) is 44.7 Å². The summed E-state index contributed by atoms with van der Waals surface area (Å²) in [4.78, 5) is 24.0. The van der Waals surface area contributed by atoms with Gasteiger partial charge in [-0.15, -0.1) is 10.2 Å². The molecule has 0 aliphatic rings. The molecule has 2 N–H and O–H groups in total. The number of hydrogen-bond acceptors (Lipinski definition) is 6. The van der Waals surface area contributed by atoms with Crippen molar-refractivity contribution in [1.82, 2.24) is 20.8 Å². The van der Waals surface area contributed by atoms with Crippen LogP contribution in [0.4, 0.5) is 4.79 Å². The summed E-state index contributed by atoms with van der Waals surface area (Å²) in [7, 11) is 0. The summed E-state index contributed by atoms with van der Waals surface area (Å²) < 4.78 is 5.66. The number of thioether (sulfide) groups is 1. The quantitative estimate of drug-likeness (QED) is 0.744. The molecule has 3 amide bonds. The van der Waals surface area contributed by atoms with Crippen LogP contribution in [0.5, 0.6) is 0 Å². The lowest BCUT2D eigenvalue weighted by molar-refractivity contribution is -0.119. The molecular weight excluding hydrogens is 376 g/mol. The average Bonchev–Trinajstić information content (AvgIpc) is 3.00. The zero-order chi connectivity index (χ0) is 21.1. The summed E-state index contributed by atoms with van der Waals surface area (Å²) in [5, 5.41) is 12.7. The Labute approximate surface area is 170 Å². The van der Waals surface area contributed by atoms with Crippen molar-refractivity contribution < 1.29 is 14.0 Å². The summed E-state index contributed by atoms with van der Waals surface area (Å²) in [5.74, 6) is -0.0397. The van der Waals surface area contributed by atoms with Crippen LogP contribution in [-0.4, -0.2) is 32.9 Å². The molecule has 0 spiro atoms. The molecule has 0 saturated carbocycles. The molecule has 1 atom stereocenters. The van der Waals surface area contributed by atoms with Crippen LogP contribution in [0.3, 0.4) is 0 Å². The van der Waals surface area contributed by atoms with E-state index in [2.05, 4.69) is 41.6 Å². The predicted molar refractivity (Wildman–Crippen MR) is 110 cm³/mol. The van der Waals surface area contributed by atoms with Crippen LogP contribution in [-0.2, 0) is 10.2 Å². The van der Waals surface area contributed by atoms with E-state index in [-0.39, 0.29) is 10.6 Å². The van der Waals surface area contributed by atoms with Gasteiger partial charge < -0.3 is 9.73 Å². The molecule has 0 fully saturated rings. The number of amides is 3. The lowest BCUT2D eigenvalue weighted by Crippen LogP contribution is -2.49. The molecule has 0 aliphatic carbocycles. The molecule has 1 aromatic carbocycles. The first kappa shape index (κ1) is 21.9. The van der Waals surface area contributed by atoms with Gasteiger partial charge in [0.25, 0.3) is 5.22 Å². The molecule has 0 radical (unpaired) electrons. The Morgan fingerprint density at radius 1 is 1.04 bits per heavy atom. The van der Waals surface area contributed by atoms with E-state index in [9.17, 15) is 9.59 Å². The molecule has 0 bridgehead atoms. The second kappa shape index (κ2) is 8.34. The van der Waals surface area contributed by atoms with E-state index < -0.39 is 22.7 Å². The highest BCUT2D eigenvalue weighted by Gasteiger charge is 2.22. The van der Waals surface area contributed by atoms with Crippen molar-refractivity contribution in [3.63, 3.8) is 0 Å². The summed E-state index contributed by atoms with van der Waals surface area (Å²) in [6.07, 6.45) is 0. The van der Waals surface area contributed by atoms with Gasteiger partial charge in [0.15, 0.2) is 0 Å². The minimum absolute atomic E-state index is 0.0659. The van der Waals surface area contributed by atoms with Crippen LogP contribution in [0.2, 0.25) is 0 Å². The molecule has 8 heteroatoms. The van der Waals surface area contributed by atoms with Crippen LogP contribution >= 0.6 is 11.8 Å². The Bertz CT molecular complexity index is 832. The summed E-state index contributed by atoms with van der Waals surface area (Å²) in [6, 6.07) is 7.42. The Morgan fingerprint density at radius 2 is 1.64 bits per heavy atom. The lowest BCUT2D eigenvalue weighted by atomic mass is 9.87. The Kier molecular flexibility index (Phi) is 6.54. The van der Waals surface area contributed by atoms with Crippen molar-refractivity contribution >= 4 is 23.7 Å². The number of carbonyl (C=O) groups excluding carboxylic acids is 2.